The van der Waals surface area contributed by atoms with Gasteiger partial charge in [-0.2, -0.15) is 9.78 Å². The van der Waals surface area contributed by atoms with Crippen LogP contribution < -0.4 is 20.8 Å². The molecule has 1 aliphatic rings. The predicted octanol–water partition coefficient (Wildman–Crippen LogP) is 0.644. The number of halogens is 1. The number of nitrogen functional groups attached to an aromatic ring is 1. The molecule has 2 aromatic carbocycles. The number of benzene rings is 2. The number of nitrogens with one attached hydrogen (secondary N) is 2. The Morgan fingerprint density at radius 2 is 1.92 bits per heavy atom. The molecule has 1 saturated heterocycles. The van der Waals surface area contributed by atoms with Crippen LogP contribution in [0.2, 0.25) is 5.02 Å². The number of rotatable bonds is 9. The lowest BCUT2D eigenvalue weighted by Crippen LogP contribution is -3.12. The van der Waals surface area contributed by atoms with Crippen LogP contribution >= 0.6 is 11.6 Å². The number of anilines is 1. The topological polar surface area (TPSA) is 160 Å². The Labute approximate surface area is 222 Å². The van der Waals surface area contributed by atoms with Gasteiger partial charge in [0.15, 0.2) is 5.69 Å². The van der Waals surface area contributed by atoms with Crippen molar-refractivity contribution >= 4 is 29.5 Å². The number of carbonyl (C=O) groups is 1. The Morgan fingerprint density at radius 1 is 1.16 bits per heavy atom. The summed E-state index contributed by atoms with van der Waals surface area (Å²) < 4.78 is 17.3. The zero-order valence-corrected chi connectivity index (χ0v) is 21.0. The molecule has 4 N–H and O–H groups in total. The summed E-state index contributed by atoms with van der Waals surface area (Å²) in [7, 11) is 0. The van der Waals surface area contributed by atoms with E-state index in [1.54, 1.807) is 0 Å². The van der Waals surface area contributed by atoms with Crippen molar-refractivity contribution in [2.24, 2.45) is 5.10 Å². The number of hydrogen-bond donors (Lipinski definition) is 3. The van der Waals surface area contributed by atoms with Crippen molar-refractivity contribution in [1.82, 2.24) is 30.7 Å². The molecule has 13 nitrogen and oxygen atoms in total. The number of morpholine rings is 1. The van der Waals surface area contributed by atoms with Crippen molar-refractivity contribution in [2.45, 2.75) is 13.2 Å². The predicted molar refractivity (Wildman–Crippen MR) is 136 cm³/mol. The van der Waals surface area contributed by atoms with Gasteiger partial charge in [-0.05, 0) is 57.8 Å². The zero-order chi connectivity index (χ0) is 26.3. The third-order valence-electron chi connectivity index (χ3n) is 5.87. The van der Waals surface area contributed by atoms with Gasteiger partial charge in [-0.25, -0.2) is 10.1 Å². The average molecular weight is 539 g/mol. The molecule has 0 unspecified atom stereocenters. The molecule has 0 saturated carbocycles. The minimum atomic E-state index is -0.520. The van der Waals surface area contributed by atoms with Crippen LogP contribution in [0.4, 0.5) is 5.82 Å². The summed E-state index contributed by atoms with van der Waals surface area (Å²) in [4.78, 5) is 14.2. The van der Waals surface area contributed by atoms with Crippen LogP contribution in [0.25, 0.3) is 5.82 Å². The summed E-state index contributed by atoms with van der Waals surface area (Å²) in [6.07, 6.45) is 1.53. The second kappa shape index (κ2) is 11.8. The SMILES string of the molecule is Nc1nonc1-n1nnc(C(=O)N/N=C\c2ccc(OCc3ccc(Cl)cc3)cc2)c1C[NH+]1CCOCC1. The van der Waals surface area contributed by atoms with E-state index in [2.05, 4.69) is 31.2 Å². The second-order valence-electron chi connectivity index (χ2n) is 8.49. The number of nitrogens with two attached hydrogens (primary N) is 1. The molecule has 14 heteroatoms. The lowest BCUT2D eigenvalue weighted by molar-refractivity contribution is -0.921. The average Bonchev–Trinajstić information content (AvgIpc) is 3.55. The first-order valence-electron chi connectivity index (χ1n) is 11.8. The van der Waals surface area contributed by atoms with Crippen molar-refractivity contribution in [1.29, 1.82) is 0 Å². The summed E-state index contributed by atoms with van der Waals surface area (Å²) in [5.74, 6) is 0.391. The minimum absolute atomic E-state index is 0.0405. The largest absolute Gasteiger partial charge is 0.489 e. The highest BCUT2D eigenvalue weighted by Crippen LogP contribution is 2.16. The van der Waals surface area contributed by atoms with Gasteiger partial charge < -0.3 is 20.1 Å². The maximum atomic E-state index is 13.0. The smallest absolute Gasteiger partial charge is 0.294 e. The van der Waals surface area contributed by atoms with Crippen molar-refractivity contribution in [2.75, 3.05) is 32.0 Å². The Kier molecular flexibility index (Phi) is 7.87. The van der Waals surface area contributed by atoms with Crippen LogP contribution in [0.5, 0.6) is 5.75 Å². The van der Waals surface area contributed by atoms with E-state index in [-0.39, 0.29) is 17.3 Å². The van der Waals surface area contributed by atoms with Gasteiger partial charge in [0.25, 0.3) is 5.91 Å². The molecule has 1 fully saturated rings. The first-order chi connectivity index (χ1) is 18.6. The molecule has 0 atom stereocenters. The Balaban J connectivity index is 1.23. The highest BCUT2D eigenvalue weighted by atomic mass is 35.5. The monoisotopic (exact) mass is 538 g/mol. The molecule has 1 amide bonds. The van der Waals surface area contributed by atoms with Gasteiger partial charge >= 0.3 is 0 Å². The molecule has 196 valence electrons. The third-order valence-corrected chi connectivity index (χ3v) is 6.12. The minimum Gasteiger partial charge on any atom is -0.489 e. The molecule has 38 heavy (non-hydrogen) atoms. The molecule has 4 aromatic rings. The van der Waals surface area contributed by atoms with Crippen LogP contribution in [-0.4, -0.2) is 63.7 Å². The first-order valence-corrected chi connectivity index (χ1v) is 12.2. The summed E-state index contributed by atoms with van der Waals surface area (Å²) >= 11 is 5.91. The number of amides is 1. The Morgan fingerprint density at radius 3 is 2.63 bits per heavy atom. The van der Waals surface area contributed by atoms with Crippen molar-refractivity contribution in [3.63, 3.8) is 0 Å². The van der Waals surface area contributed by atoms with Gasteiger partial charge in [0, 0.05) is 5.02 Å². The number of aromatic nitrogens is 5. The lowest BCUT2D eigenvalue weighted by atomic mass is 10.2. The highest BCUT2D eigenvalue weighted by Gasteiger charge is 2.28. The third kappa shape index (κ3) is 6.14. The van der Waals surface area contributed by atoms with E-state index in [0.29, 0.717) is 42.8 Å². The van der Waals surface area contributed by atoms with Crippen molar-refractivity contribution < 1.29 is 23.8 Å². The van der Waals surface area contributed by atoms with Gasteiger partial charge in [0.1, 0.15) is 37.7 Å². The van der Waals surface area contributed by atoms with Gasteiger partial charge in [0.2, 0.25) is 11.6 Å². The number of quaternary nitrogens is 1. The second-order valence-corrected chi connectivity index (χ2v) is 8.93. The lowest BCUT2D eigenvalue weighted by Gasteiger charge is -2.23. The summed E-state index contributed by atoms with van der Waals surface area (Å²) in [5, 5.41) is 20.3. The van der Waals surface area contributed by atoms with E-state index >= 15 is 0 Å². The van der Waals surface area contributed by atoms with E-state index < -0.39 is 5.91 Å². The molecule has 3 heterocycles. The van der Waals surface area contributed by atoms with Crippen LogP contribution in [0.3, 0.4) is 0 Å². The van der Waals surface area contributed by atoms with Crippen molar-refractivity contribution in [3.8, 4) is 11.6 Å². The fourth-order valence-corrected chi connectivity index (χ4v) is 3.96. The molecular weight excluding hydrogens is 514 g/mol. The number of carbonyl (C=O) groups excluding carboxylic acids is 1. The quantitative estimate of drug-likeness (QED) is 0.205. The Hall–Kier alpha value is -4.33. The van der Waals surface area contributed by atoms with E-state index in [1.165, 1.54) is 15.8 Å². The van der Waals surface area contributed by atoms with Gasteiger partial charge in [-0.15, -0.1) is 5.10 Å². The van der Waals surface area contributed by atoms with E-state index in [0.717, 1.165) is 24.2 Å². The summed E-state index contributed by atoms with van der Waals surface area (Å²) in [5.41, 5.74) is 10.8. The van der Waals surface area contributed by atoms with E-state index in [4.69, 9.17) is 31.4 Å². The van der Waals surface area contributed by atoms with Gasteiger partial charge in [-0.3, -0.25) is 4.79 Å². The van der Waals surface area contributed by atoms with Crippen LogP contribution in [0, 0.1) is 0 Å². The van der Waals surface area contributed by atoms with Gasteiger partial charge in [-0.1, -0.05) is 28.9 Å². The maximum absolute atomic E-state index is 13.0. The van der Waals surface area contributed by atoms with Gasteiger partial charge in [0.05, 0.1) is 19.4 Å². The molecule has 0 radical (unpaired) electrons. The molecule has 5 rings (SSSR count). The van der Waals surface area contributed by atoms with Crippen LogP contribution in [0.15, 0.2) is 58.3 Å². The van der Waals surface area contributed by atoms with E-state index in [9.17, 15) is 4.79 Å². The number of hydrazone groups is 1. The molecular formula is C24H25ClN9O4+. The molecule has 2 aromatic heterocycles. The number of hydrogen-bond acceptors (Lipinski definition) is 10. The molecule has 1 aliphatic heterocycles. The number of ether oxygens (including phenoxy) is 2. The fourth-order valence-electron chi connectivity index (χ4n) is 3.83. The first kappa shape index (κ1) is 25.3. The summed E-state index contributed by atoms with van der Waals surface area (Å²) in [6.45, 7) is 3.67. The fraction of sp³-hybridized carbons (Fsp3) is 0.250. The summed E-state index contributed by atoms with van der Waals surface area (Å²) in [6, 6.07) is 14.8. The molecule has 0 aliphatic carbocycles. The Bertz CT molecular complexity index is 1400. The normalized spacial score (nSPS) is 14.1. The highest BCUT2D eigenvalue weighted by molar-refractivity contribution is 6.30. The standard InChI is InChI=1S/C24H24ClN9O4/c25-18-5-1-17(2-6-18)15-37-19-7-3-16(4-8-19)13-27-29-24(35)21-20(14-33-9-11-36-12-10-33)34(32-28-21)23-22(26)30-38-31-23/h1-8,13H,9-12,14-15H2,(H2,26,30)(H,29,35)/p+1/b27-13-. The van der Waals surface area contributed by atoms with Crippen molar-refractivity contribution in [3.05, 3.63) is 76.1 Å². The molecule has 0 bridgehead atoms. The van der Waals surface area contributed by atoms with Crippen LogP contribution in [0.1, 0.15) is 27.3 Å². The molecule has 0 spiro atoms. The van der Waals surface area contributed by atoms with Crippen LogP contribution in [-0.2, 0) is 17.9 Å². The van der Waals surface area contributed by atoms with E-state index in [1.807, 2.05) is 48.5 Å². The zero-order valence-electron chi connectivity index (χ0n) is 20.2. The maximum Gasteiger partial charge on any atom is 0.294 e. The number of nitrogens with zero attached hydrogens (tertiary/aromatic N) is 6.